The number of amides is 3. The van der Waals surface area contributed by atoms with Crippen molar-refractivity contribution < 1.29 is 23.2 Å². The van der Waals surface area contributed by atoms with Crippen molar-refractivity contribution in [3.05, 3.63) is 80.3 Å². The minimum absolute atomic E-state index is 0.0216. The normalized spacial score (nSPS) is 15.0. The summed E-state index contributed by atoms with van der Waals surface area (Å²) in [4.78, 5) is 38.6. The summed E-state index contributed by atoms with van der Waals surface area (Å²) in [6, 6.07) is 6.88. The number of thiophene rings is 1. The number of halogens is 3. The summed E-state index contributed by atoms with van der Waals surface area (Å²) in [7, 11) is 1.45. The Bertz CT molecular complexity index is 1530. The highest BCUT2D eigenvalue weighted by Gasteiger charge is 2.36. The summed E-state index contributed by atoms with van der Waals surface area (Å²) in [5.74, 6) is -2.51. The van der Waals surface area contributed by atoms with Crippen LogP contribution in [-0.4, -0.2) is 29.1 Å². The number of carbonyl (C=O) groups excluding carboxylic acids is 3. The Labute approximate surface area is 210 Å². The number of nitrogens with one attached hydrogen (secondary N) is 3. The fraction of sp³-hybridized carbons (Fsp3) is 0.130. The van der Waals surface area contributed by atoms with Gasteiger partial charge in [-0.1, -0.05) is 11.6 Å². The van der Waals surface area contributed by atoms with Crippen LogP contribution in [0.25, 0.3) is 10.1 Å². The van der Waals surface area contributed by atoms with Gasteiger partial charge in [0, 0.05) is 28.6 Å². The molecule has 3 N–H and O–H groups in total. The first-order valence-corrected chi connectivity index (χ1v) is 12.2. The van der Waals surface area contributed by atoms with Gasteiger partial charge in [-0.3, -0.25) is 14.4 Å². The molecule has 0 fully saturated rings. The lowest BCUT2D eigenvalue weighted by Crippen LogP contribution is -2.37. The van der Waals surface area contributed by atoms with Crippen LogP contribution >= 0.6 is 34.5 Å². The number of nitrogens with zero attached hydrogens (tertiary/aromatic N) is 1. The van der Waals surface area contributed by atoms with Crippen molar-refractivity contribution in [3.63, 3.8) is 0 Å². The first kappa shape index (κ1) is 23.3. The molecule has 0 bridgehead atoms. The van der Waals surface area contributed by atoms with Crippen molar-refractivity contribution in [3.8, 4) is 0 Å². The average Bonchev–Trinajstić information content (AvgIpc) is 3.41. The van der Waals surface area contributed by atoms with Gasteiger partial charge in [0.05, 0.1) is 22.0 Å². The quantitative estimate of drug-likeness (QED) is 0.356. The highest BCUT2D eigenvalue weighted by molar-refractivity contribution is 7.18. The Morgan fingerprint density at radius 1 is 1.14 bits per heavy atom. The third-order valence-corrected chi connectivity index (χ3v) is 7.89. The van der Waals surface area contributed by atoms with Crippen LogP contribution in [0.4, 0.5) is 13.8 Å². The van der Waals surface area contributed by atoms with Crippen LogP contribution < -0.4 is 16.0 Å². The third-order valence-electron chi connectivity index (χ3n) is 5.56. The predicted octanol–water partition coefficient (Wildman–Crippen LogP) is 4.66. The van der Waals surface area contributed by atoms with E-state index in [1.807, 2.05) is 0 Å². The number of hydrogen-bond acceptors (Lipinski definition) is 6. The number of fused-ring (bicyclic) bond motifs is 2. The van der Waals surface area contributed by atoms with E-state index < -0.39 is 29.5 Å². The number of rotatable bonds is 4. The second-order valence-corrected chi connectivity index (χ2v) is 9.93. The molecule has 1 atom stereocenters. The molecule has 3 amide bonds. The molecule has 178 valence electrons. The first-order chi connectivity index (χ1) is 16.8. The van der Waals surface area contributed by atoms with Gasteiger partial charge in [0.25, 0.3) is 11.8 Å². The van der Waals surface area contributed by atoms with Gasteiger partial charge in [-0.2, -0.15) is 4.37 Å². The Kier molecular flexibility index (Phi) is 5.99. The van der Waals surface area contributed by atoms with E-state index in [4.69, 9.17) is 11.6 Å². The average molecular weight is 533 g/mol. The van der Waals surface area contributed by atoms with Crippen LogP contribution in [-0.2, 0) is 11.2 Å². The smallest absolute Gasteiger partial charge is 0.276 e. The maximum atomic E-state index is 14.1. The van der Waals surface area contributed by atoms with Crippen LogP contribution in [0.1, 0.15) is 42.9 Å². The lowest BCUT2D eigenvalue weighted by atomic mass is 9.90. The van der Waals surface area contributed by atoms with Gasteiger partial charge in [0.15, 0.2) is 0 Å². The van der Waals surface area contributed by atoms with E-state index in [1.165, 1.54) is 43.4 Å². The minimum atomic E-state index is -0.913. The Morgan fingerprint density at radius 3 is 2.66 bits per heavy atom. The molecule has 2 aromatic heterocycles. The molecular weight excluding hydrogens is 518 g/mol. The minimum Gasteiger partial charge on any atom is -0.354 e. The second-order valence-electron chi connectivity index (χ2n) is 7.70. The van der Waals surface area contributed by atoms with E-state index in [0.29, 0.717) is 21.2 Å². The zero-order chi connectivity index (χ0) is 24.9. The predicted molar refractivity (Wildman–Crippen MR) is 130 cm³/mol. The van der Waals surface area contributed by atoms with Crippen molar-refractivity contribution in [2.75, 3.05) is 12.4 Å². The summed E-state index contributed by atoms with van der Waals surface area (Å²) in [6.45, 7) is 0. The van der Waals surface area contributed by atoms with E-state index in [2.05, 4.69) is 20.3 Å². The van der Waals surface area contributed by atoms with E-state index in [0.717, 1.165) is 22.9 Å². The van der Waals surface area contributed by atoms with E-state index in [1.54, 1.807) is 0 Å². The highest BCUT2D eigenvalue weighted by Crippen LogP contribution is 2.44. The third kappa shape index (κ3) is 4.15. The SMILES string of the molecule is CNC(=O)c1sc(NC(=O)c2nsc3ccc(F)cc23)c2c1CC(=O)NC2c1cc(F)ccc1Cl. The molecule has 12 heteroatoms. The van der Waals surface area contributed by atoms with Crippen LogP contribution in [0.3, 0.4) is 0 Å². The molecule has 3 heterocycles. The van der Waals surface area contributed by atoms with Crippen molar-refractivity contribution in [2.45, 2.75) is 12.5 Å². The lowest BCUT2D eigenvalue weighted by molar-refractivity contribution is -0.121. The first-order valence-electron chi connectivity index (χ1n) is 10.2. The molecule has 0 saturated carbocycles. The van der Waals surface area contributed by atoms with E-state index in [-0.39, 0.29) is 38.5 Å². The number of aromatic nitrogens is 1. The fourth-order valence-corrected chi connectivity index (χ4v) is 6.18. The summed E-state index contributed by atoms with van der Waals surface area (Å²) in [5, 5.41) is 8.91. The zero-order valence-corrected chi connectivity index (χ0v) is 20.3. The molecule has 0 radical (unpaired) electrons. The summed E-state index contributed by atoms with van der Waals surface area (Å²) < 4.78 is 32.7. The van der Waals surface area contributed by atoms with Gasteiger partial charge in [-0.05, 0) is 53.5 Å². The standard InChI is InChI=1S/C23H15ClF2N4O3S2/c1-27-22(33)20-13-8-16(31)28-18(11-6-9(25)2-4-14(11)24)17(13)23(34-20)29-21(32)19-12-7-10(26)3-5-15(12)35-30-19/h2-7,18H,8H2,1H3,(H,27,33)(H,28,31)(H,29,32). The number of hydrogen-bond donors (Lipinski definition) is 3. The molecule has 0 spiro atoms. The van der Waals surface area contributed by atoms with Gasteiger partial charge in [-0.25, -0.2) is 8.78 Å². The van der Waals surface area contributed by atoms with Crippen LogP contribution in [0.5, 0.6) is 0 Å². The molecular formula is C23H15ClF2N4O3S2. The molecule has 2 aromatic carbocycles. The topological polar surface area (TPSA) is 100 Å². The van der Waals surface area contributed by atoms with Crippen molar-refractivity contribution in [2.24, 2.45) is 0 Å². The summed E-state index contributed by atoms with van der Waals surface area (Å²) >= 11 is 8.37. The molecule has 4 aromatic rings. The van der Waals surface area contributed by atoms with Crippen molar-refractivity contribution in [1.82, 2.24) is 15.0 Å². The van der Waals surface area contributed by atoms with Crippen LogP contribution in [0.2, 0.25) is 5.02 Å². The van der Waals surface area contributed by atoms with Crippen LogP contribution in [0.15, 0.2) is 36.4 Å². The molecule has 5 rings (SSSR count). The van der Waals surface area contributed by atoms with E-state index in [9.17, 15) is 23.2 Å². The molecule has 0 saturated heterocycles. The van der Waals surface area contributed by atoms with Gasteiger partial charge in [0.1, 0.15) is 22.3 Å². The molecule has 1 aliphatic heterocycles. The number of anilines is 1. The van der Waals surface area contributed by atoms with E-state index >= 15 is 0 Å². The second kappa shape index (κ2) is 8.99. The molecule has 35 heavy (non-hydrogen) atoms. The van der Waals surface area contributed by atoms with Crippen molar-refractivity contribution >= 4 is 67.3 Å². The Balaban J connectivity index is 1.64. The molecule has 1 aliphatic rings. The number of carbonyl (C=O) groups is 3. The van der Waals surface area contributed by atoms with Gasteiger partial charge >= 0.3 is 0 Å². The van der Waals surface area contributed by atoms with Gasteiger partial charge < -0.3 is 16.0 Å². The summed E-state index contributed by atoms with van der Waals surface area (Å²) in [5.41, 5.74) is 1.14. The maximum absolute atomic E-state index is 14.1. The summed E-state index contributed by atoms with van der Waals surface area (Å²) in [6.07, 6.45) is -0.112. The van der Waals surface area contributed by atoms with Gasteiger partial charge in [-0.15, -0.1) is 11.3 Å². The molecule has 7 nitrogen and oxygen atoms in total. The lowest BCUT2D eigenvalue weighted by Gasteiger charge is -2.27. The highest BCUT2D eigenvalue weighted by atomic mass is 35.5. The fourth-order valence-electron chi connectivity index (χ4n) is 4.00. The largest absolute Gasteiger partial charge is 0.354 e. The Morgan fingerprint density at radius 2 is 1.89 bits per heavy atom. The monoisotopic (exact) mass is 532 g/mol. The van der Waals surface area contributed by atoms with Gasteiger partial charge in [0.2, 0.25) is 5.91 Å². The van der Waals surface area contributed by atoms with Crippen LogP contribution in [0, 0.1) is 11.6 Å². The zero-order valence-electron chi connectivity index (χ0n) is 17.9. The Hall–Kier alpha value is -3.41. The maximum Gasteiger partial charge on any atom is 0.276 e. The number of benzene rings is 2. The molecule has 1 unspecified atom stereocenters. The van der Waals surface area contributed by atoms with Crippen molar-refractivity contribution in [1.29, 1.82) is 0 Å². The molecule has 0 aliphatic carbocycles.